The van der Waals surface area contributed by atoms with Crippen LogP contribution in [0.5, 0.6) is 0 Å². The van der Waals surface area contributed by atoms with Gasteiger partial charge in [-0.25, -0.2) is 0 Å². The third-order valence-corrected chi connectivity index (χ3v) is 5.02. The molecule has 2 amide bonds. The molecule has 1 aliphatic heterocycles. The maximum atomic E-state index is 12.8. The highest BCUT2D eigenvalue weighted by Gasteiger charge is 2.51. The smallest absolute Gasteiger partial charge is 0.231 e. The van der Waals surface area contributed by atoms with Crippen LogP contribution in [-0.2, 0) is 15.0 Å². The topological polar surface area (TPSA) is 75.4 Å². The van der Waals surface area contributed by atoms with Gasteiger partial charge in [-0.1, -0.05) is 23.7 Å². The summed E-state index contributed by atoms with van der Waals surface area (Å²) in [6.45, 7) is 1.79. The average molecular weight is 336 g/mol. The lowest BCUT2D eigenvalue weighted by molar-refractivity contribution is -0.124. The first kappa shape index (κ1) is 16.3. The number of piperidine rings is 1. The third kappa shape index (κ3) is 3.67. The standard InChI is InChI=1S/C17H22ClN3O2/c18-13-4-1-3-12(9-13)17(6-7-17)16(23)20-14-5-2-8-21(10-14)11-15(19)22/h1,3-4,9,14H,2,5-8,10-11H2,(H2,19,22)(H,20,23). The number of rotatable bonds is 5. The van der Waals surface area contributed by atoms with Gasteiger partial charge in [0.2, 0.25) is 11.8 Å². The van der Waals surface area contributed by atoms with Gasteiger partial charge in [0, 0.05) is 17.6 Å². The fraction of sp³-hybridized carbons (Fsp3) is 0.529. The zero-order chi connectivity index (χ0) is 16.4. The summed E-state index contributed by atoms with van der Waals surface area (Å²) < 4.78 is 0. The lowest BCUT2D eigenvalue weighted by Crippen LogP contribution is -2.51. The molecule has 0 bridgehead atoms. The molecule has 1 aromatic carbocycles. The van der Waals surface area contributed by atoms with Crippen LogP contribution in [0, 0.1) is 0 Å². The van der Waals surface area contributed by atoms with E-state index in [1.165, 1.54) is 0 Å². The first-order valence-electron chi connectivity index (χ1n) is 8.07. The van der Waals surface area contributed by atoms with Crippen molar-refractivity contribution in [2.24, 2.45) is 5.73 Å². The van der Waals surface area contributed by atoms with Gasteiger partial charge in [-0.05, 0) is 49.9 Å². The molecule has 124 valence electrons. The van der Waals surface area contributed by atoms with Crippen molar-refractivity contribution in [2.45, 2.75) is 37.1 Å². The van der Waals surface area contributed by atoms with Crippen molar-refractivity contribution < 1.29 is 9.59 Å². The number of likely N-dealkylation sites (tertiary alicyclic amines) is 1. The predicted molar refractivity (Wildman–Crippen MR) is 89.2 cm³/mol. The van der Waals surface area contributed by atoms with E-state index in [-0.39, 0.29) is 24.4 Å². The second kappa shape index (κ2) is 6.49. The summed E-state index contributed by atoms with van der Waals surface area (Å²) in [6.07, 6.45) is 3.61. The molecular weight excluding hydrogens is 314 g/mol. The molecule has 3 rings (SSSR count). The fourth-order valence-corrected chi connectivity index (χ4v) is 3.61. The van der Waals surface area contributed by atoms with Crippen LogP contribution in [0.3, 0.4) is 0 Å². The molecule has 1 saturated carbocycles. The van der Waals surface area contributed by atoms with Gasteiger partial charge >= 0.3 is 0 Å². The zero-order valence-electron chi connectivity index (χ0n) is 13.1. The average Bonchev–Trinajstić information content (AvgIpc) is 3.28. The van der Waals surface area contributed by atoms with E-state index in [9.17, 15) is 9.59 Å². The predicted octanol–water partition coefficient (Wildman–Crippen LogP) is 1.44. The normalized spacial score (nSPS) is 23.3. The minimum atomic E-state index is -0.420. The lowest BCUT2D eigenvalue weighted by Gasteiger charge is -2.33. The van der Waals surface area contributed by atoms with Crippen molar-refractivity contribution in [3.05, 3.63) is 34.9 Å². The molecule has 1 unspecified atom stereocenters. The Kier molecular flexibility index (Phi) is 4.60. The van der Waals surface area contributed by atoms with E-state index in [2.05, 4.69) is 5.32 Å². The van der Waals surface area contributed by atoms with Crippen molar-refractivity contribution >= 4 is 23.4 Å². The summed E-state index contributed by atoms with van der Waals surface area (Å²) in [4.78, 5) is 25.8. The molecule has 2 aliphatic rings. The third-order valence-electron chi connectivity index (χ3n) is 4.78. The van der Waals surface area contributed by atoms with Gasteiger partial charge in [0.05, 0.1) is 12.0 Å². The number of carbonyl (C=O) groups excluding carboxylic acids is 2. The molecule has 23 heavy (non-hydrogen) atoms. The number of primary amides is 1. The maximum Gasteiger partial charge on any atom is 0.231 e. The number of benzene rings is 1. The van der Waals surface area contributed by atoms with Crippen molar-refractivity contribution in [3.8, 4) is 0 Å². The second-order valence-electron chi connectivity index (χ2n) is 6.61. The highest BCUT2D eigenvalue weighted by molar-refractivity contribution is 6.30. The molecule has 0 radical (unpaired) electrons. The number of nitrogens with zero attached hydrogens (tertiary/aromatic N) is 1. The Morgan fingerprint density at radius 3 is 2.83 bits per heavy atom. The van der Waals surface area contributed by atoms with Gasteiger partial charge in [0.1, 0.15) is 0 Å². The summed E-state index contributed by atoms with van der Waals surface area (Å²) in [6, 6.07) is 7.64. The Morgan fingerprint density at radius 1 is 1.39 bits per heavy atom. The fourth-order valence-electron chi connectivity index (χ4n) is 3.42. The molecule has 1 aliphatic carbocycles. The van der Waals surface area contributed by atoms with Gasteiger partial charge in [0.15, 0.2) is 0 Å². The molecule has 1 saturated heterocycles. The summed E-state index contributed by atoms with van der Waals surface area (Å²) in [7, 11) is 0. The van der Waals surface area contributed by atoms with Gasteiger partial charge in [0.25, 0.3) is 0 Å². The number of amides is 2. The van der Waals surface area contributed by atoms with Crippen LogP contribution in [-0.4, -0.2) is 42.4 Å². The first-order valence-corrected chi connectivity index (χ1v) is 8.45. The van der Waals surface area contributed by atoms with Gasteiger partial charge in [-0.3, -0.25) is 14.5 Å². The van der Waals surface area contributed by atoms with E-state index in [4.69, 9.17) is 17.3 Å². The Balaban J connectivity index is 1.64. The summed E-state index contributed by atoms with van der Waals surface area (Å²) in [5, 5.41) is 3.83. The second-order valence-corrected chi connectivity index (χ2v) is 7.04. The number of halogens is 1. The van der Waals surface area contributed by atoms with Crippen LogP contribution < -0.4 is 11.1 Å². The largest absolute Gasteiger partial charge is 0.369 e. The van der Waals surface area contributed by atoms with Crippen molar-refractivity contribution in [1.82, 2.24) is 10.2 Å². The van der Waals surface area contributed by atoms with E-state index >= 15 is 0 Å². The van der Waals surface area contributed by atoms with Crippen LogP contribution in [0.1, 0.15) is 31.2 Å². The number of hydrogen-bond donors (Lipinski definition) is 2. The van der Waals surface area contributed by atoms with Crippen LogP contribution in [0.4, 0.5) is 0 Å². The molecule has 5 nitrogen and oxygen atoms in total. The van der Waals surface area contributed by atoms with Crippen molar-refractivity contribution in [2.75, 3.05) is 19.6 Å². The molecule has 0 spiro atoms. The van der Waals surface area contributed by atoms with Gasteiger partial charge in [-0.15, -0.1) is 0 Å². The minimum absolute atomic E-state index is 0.0747. The van der Waals surface area contributed by atoms with E-state index in [1.54, 1.807) is 0 Å². The van der Waals surface area contributed by atoms with Crippen molar-refractivity contribution in [1.29, 1.82) is 0 Å². The monoisotopic (exact) mass is 335 g/mol. The zero-order valence-corrected chi connectivity index (χ0v) is 13.8. The van der Waals surface area contributed by atoms with E-state index in [0.29, 0.717) is 11.6 Å². The summed E-state index contributed by atoms with van der Waals surface area (Å²) in [5.74, 6) is -0.250. The Labute approximate surface area is 141 Å². The molecule has 0 aromatic heterocycles. The van der Waals surface area contributed by atoms with Crippen LogP contribution in [0.2, 0.25) is 5.02 Å². The molecule has 1 aromatic rings. The van der Waals surface area contributed by atoms with Crippen LogP contribution in [0.15, 0.2) is 24.3 Å². The number of carbonyl (C=O) groups is 2. The van der Waals surface area contributed by atoms with E-state index < -0.39 is 5.41 Å². The Bertz CT molecular complexity index is 616. The molecule has 2 fully saturated rings. The Hall–Kier alpha value is -1.59. The molecule has 1 heterocycles. The quantitative estimate of drug-likeness (QED) is 0.855. The number of nitrogens with two attached hydrogens (primary N) is 1. The van der Waals surface area contributed by atoms with Gasteiger partial charge < -0.3 is 11.1 Å². The highest BCUT2D eigenvalue weighted by atomic mass is 35.5. The molecule has 6 heteroatoms. The number of nitrogens with one attached hydrogen (secondary N) is 1. The lowest BCUT2D eigenvalue weighted by atomic mass is 9.94. The van der Waals surface area contributed by atoms with E-state index in [0.717, 1.165) is 37.8 Å². The van der Waals surface area contributed by atoms with Crippen molar-refractivity contribution in [3.63, 3.8) is 0 Å². The molecule has 1 atom stereocenters. The summed E-state index contributed by atoms with van der Waals surface area (Å²) >= 11 is 6.06. The van der Waals surface area contributed by atoms with Gasteiger partial charge in [-0.2, -0.15) is 0 Å². The van der Waals surface area contributed by atoms with Crippen LogP contribution >= 0.6 is 11.6 Å². The Morgan fingerprint density at radius 2 is 2.17 bits per heavy atom. The van der Waals surface area contributed by atoms with Crippen LogP contribution in [0.25, 0.3) is 0 Å². The maximum absolute atomic E-state index is 12.8. The number of hydrogen-bond acceptors (Lipinski definition) is 3. The molecular formula is C17H22ClN3O2. The van der Waals surface area contributed by atoms with E-state index in [1.807, 2.05) is 29.2 Å². The molecule has 3 N–H and O–H groups in total. The summed E-state index contributed by atoms with van der Waals surface area (Å²) in [5.41, 5.74) is 5.83. The highest BCUT2D eigenvalue weighted by Crippen LogP contribution is 2.49. The minimum Gasteiger partial charge on any atom is -0.369 e. The SMILES string of the molecule is NC(=O)CN1CCCC(NC(=O)C2(c3cccc(Cl)c3)CC2)C1. The first-order chi connectivity index (χ1) is 11.0.